The van der Waals surface area contributed by atoms with Crippen molar-refractivity contribution in [3.05, 3.63) is 53.2 Å². The van der Waals surface area contributed by atoms with E-state index in [2.05, 4.69) is 10.4 Å². The van der Waals surface area contributed by atoms with Crippen molar-refractivity contribution < 1.29 is 8.42 Å². The van der Waals surface area contributed by atoms with Crippen molar-refractivity contribution in [1.29, 1.82) is 0 Å². The Morgan fingerprint density at radius 3 is 2.71 bits per heavy atom. The average molecular weight is 327 g/mol. The van der Waals surface area contributed by atoms with Crippen LogP contribution in [-0.2, 0) is 16.6 Å². The molecule has 0 saturated heterocycles. The van der Waals surface area contributed by atoms with Crippen LogP contribution in [0.4, 0.5) is 5.82 Å². The van der Waals surface area contributed by atoms with Gasteiger partial charge in [-0.1, -0.05) is 29.8 Å². The highest BCUT2D eigenvalue weighted by Gasteiger charge is 2.22. The summed E-state index contributed by atoms with van der Waals surface area (Å²) in [5, 5.41) is 0.526. The first-order valence-corrected chi connectivity index (χ1v) is 7.89. The monoisotopic (exact) mass is 326 g/mol. The highest BCUT2D eigenvalue weighted by Crippen LogP contribution is 2.21. The molecule has 1 heterocycles. The first-order valence-electron chi connectivity index (χ1n) is 6.07. The lowest BCUT2D eigenvalue weighted by atomic mass is 10.2. The molecule has 0 bridgehead atoms. The second-order valence-corrected chi connectivity index (χ2v) is 6.83. The molecule has 8 heteroatoms. The number of nitrogens with one attached hydrogen (secondary N) is 1. The fraction of sp³-hybridized carbons (Fsp3) is 0.154. The van der Waals surface area contributed by atoms with Crippen molar-refractivity contribution in [2.24, 2.45) is 5.84 Å². The third-order valence-corrected chi connectivity index (χ3v) is 5.11. The van der Waals surface area contributed by atoms with Crippen LogP contribution in [0.5, 0.6) is 0 Å². The van der Waals surface area contributed by atoms with Crippen LogP contribution in [0.1, 0.15) is 5.56 Å². The highest BCUT2D eigenvalue weighted by atomic mass is 35.5. The number of sulfonamides is 1. The normalized spacial score (nSPS) is 11.6. The Kier molecular flexibility index (Phi) is 4.79. The summed E-state index contributed by atoms with van der Waals surface area (Å²) in [7, 11) is -2.15. The average Bonchev–Trinajstić information content (AvgIpc) is 2.49. The third-order valence-electron chi connectivity index (χ3n) is 2.94. The second-order valence-electron chi connectivity index (χ2n) is 4.37. The smallest absolute Gasteiger partial charge is 0.243 e. The van der Waals surface area contributed by atoms with Crippen molar-refractivity contribution in [1.82, 2.24) is 9.29 Å². The van der Waals surface area contributed by atoms with Crippen LogP contribution >= 0.6 is 11.6 Å². The second kappa shape index (κ2) is 6.40. The van der Waals surface area contributed by atoms with Gasteiger partial charge in [-0.2, -0.15) is 4.31 Å². The topological polar surface area (TPSA) is 88.3 Å². The summed E-state index contributed by atoms with van der Waals surface area (Å²) in [6.07, 6.45) is 1.38. The van der Waals surface area contributed by atoms with Gasteiger partial charge in [-0.25, -0.2) is 19.2 Å². The summed E-state index contributed by atoms with van der Waals surface area (Å²) in [6.45, 7) is 0.176. The zero-order valence-corrected chi connectivity index (χ0v) is 12.9. The lowest BCUT2D eigenvalue weighted by Gasteiger charge is -2.18. The molecule has 2 aromatic rings. The van der Waals surface area contributed by atoms with E-state index in [1.54, 1.807) is 18.2 Å². The predicted octanol–water partition coefficient (Wildman–Crippen LogP) is 1.84. The Morgan fingerprint density at radius 2 is 2.05 bits per heavy atom. The van der Waals surface area contributed by atoms with Crippen molar-refractivity contribution >= 4 is 27.4 Å². The first-order chi connectivity index (χ1) is 9.95. The van der Waals surface area contributed by atoms with Crippen molar-refractivity contribution in [2.45, 2.75) is 11.4 Å². The number of rotatable bonds is 5. The molecule has 0 amide bonds. The molecule has 3 N–H and O–H groups in total. The van der Waals surface area contributed by atoms with E-state index < -0.39 is 10.0 Å². The number of hydrazine groups is 1. The van der Waals surface area contributed by atoms with Crippen LogP contribution in [-0.4, -0.2) is 24.8 Å². The summed E-state index contributed by atoms with van der Waals surface area (Å²) in [5.74, 6) is 5.52. The van der Waals surface area contributed by atoms with Crippen LogP contribution in [0.25, 0.3) is 0 Å². The minimum atomic E-state index is -3.65. The molecule has 1 aromatic heterocycles. The molecule has 0 saturated carbocycles. The van der Waals surface area contributed by atoms with Gasteiger partial charge < -0.3 is 5.43 Å². The summed E-state index contributed by atoms with van der Waals surface area (Å²) in [6, 6.07) is 9.90. The molecule has 0 atom stereocenters. The summed E-state index contributed by atoms with van der Waals surface area (Å²) < 4.78 is 26.2. The maximum Gasteiger partial charge on any atom is 0.243 e. The minimum absolute atomic E-state index is 0.111. The van der Waals surface area contributed by atoms with Crippen molar-refractivity contribution in [3.8, 4) is 0 Å². The number of halogens is 1. The molecule has 6 nitrogen and oxygen atoms in total. The Bertz CT molecular complexity index is 736. The molecule has 2 rings (SSSR count). The van der Waals surface area contributed by atoms with E-state index in [1.165, 1.54) is 29.7 Å². The summed E-state index contributed by atoms with van der Waals surface area (Å²) in [5.41, 5.74) is 3.05. The molecule has 0 radical (unpaired) electrons. The molecule has 0 aliphatic heterocycles. The molecule has 0 aliphatic carbocycles. The lowest BCUT2D eigenvalue weighted by molar-refractivity contribution is 0.467. The van der Waals surface area contributed by atoms with Crippen LogP contribution in [0.15, 0.2) is 47.5 Å². The number of hydrogen-bond donors (Lipinski definition) is 2. The SMILES string of the molecule is CN(Cc1ccccc1Cl)S(=O)(=O)c1ccnc(NN)c1. The zero-order chi connectivity index (χ0) is 15.5. The number of benzene rings is 1. The predicted molar refractivity (Wildman–Crippen MR) is 82.2 cm³/mol. The summed E-state index contributed by atoms with van der Waals surface area (Å²) in [4.78, 5) is 4.00. The van der Waals surface area contributed by atoms with Gasteiger partial charge in [-0.05, 0) is 17.7 Å². The molecule has 0 aliphatic rings. The van der Waals surface area contributed by atoms with Crippen LogP contribution in [0.3, 0.4) is 0 Å². The summed E-state index contributed by atoms with van der Waals surface area (Å²) >= 11 is 6.05. The van der Waals surface area contributed by atoms with Gasteiger partial charge in [0, 0.05) is 30.9 Å². The Labute approximate surface area is 128 Å². The molecular weight excluding hydrogens is 312 g/mol. The quantitative estimate of drug-likeness (QED) is 0.646. The van der Waals surface area contributed by atoms with E-state index in [0.29, 0.717) is 5.02 Å². The third kappa shape index (κ3) is 3.51. The number of anilines is 1. The maximum atomic E-state index is 12.5. The van der Waals surface area contributed by atoms with E-state index >= 15 is 0 Å². The molecular formula is C13H15ClN4O2S. The van der Waals surface area contributed by atoms with Gasteiger partial charge in [0.2, 0.25) is 10.0 Å². The Balaban J connectivity index is 2.28. The largest absolute Gasteiger partial charge is 0.308 e. The molecule has 112 valence electrons. The van der Waals surface area contributed by atoms with E-state index in [-0.39, 0.29) is 17.3 Å². The fourth-order valence-corrected chi connectivity index (χ4v) is 3.14. The number of nitrogen functional groups attached to an aromatic ring is 1. The number of nitrogens with zero attached hydrogens (tertiary/aromatic N) is 2. The number of hydrogen-bond acceptors (Lipinski definition) is 5. The van der Waals surface area contributed by atoms with Gasteiger partial charge in [0.25, 0.3) is 0 Å². The van der Waals surface area contributed by atoms with Gasteiger partial charge in [0.05, 0.1) is 4.90 Å². The number of aromatic nitrogens is 1. The van der Waals surface area contributed by atoms with Gasteiger partial charge in [-0.3, -0.25) is 0 Å². The molecule has 21 heavy (non-hydrogen) atoms. The van der Waals surface area contributed by atoms with Gasteiger partial charge in [0.15, 0.2) is 0 Å². The van der Waals surface area contributed by atoms with Gasteiger partial charge in [0.1, 0.15) is 5.82 Å². The van der Waals surface area contributed by atoms with E-state index in [0.717, 1.165) is 5.56 Å². The van der Waals surface area contributed by atoms with E-state index in [4.69, 9.17) is 17.4 Å². The number of nitrogens with two attached hydrogens (primary N) is 1. The molecule has 0 fully saturated rings. The van der Waals surface area contributed by atoms with Crippen molar-refractivity contribution in [2.75, 3.05) is 12.5 Å². The number of pyridine rings is 1. The standard InChI is InChI=1S/C13H15ClN4O2S/c1-18(9-10-4-2-3-5-12(10)14)21(19,20)11-6-7-16-13(8-11)17-15/h2-8H,9,15H2,1H3,(H,16,17). The first kappa shape index (κ1) is 15.7. The molecule has 0 spiro atoms. The Hall–Kier alpha value is -1.67. The van der Waals surface area contributed by atoms with Gasteiger partial charge in [-0.15, -0.1) is 0 Å². The van der Waals surface area contributed by atoms with Crippen LogP contribution in [0, 0.1) is 0 Å². The van der Waals surface area contributed by atoms with Crippen LogP contribution in [0.2, 0.25) is 5.02 Å². The van der Waals surface area contributed by atoms with E-state index in [9.17, 15) is 8.42 Å². The highest BCUT2D eigenvalue weighted by molar-refractivity contribution is 7.89. The lowest BCUT2D eigenvalue weighted by Crippen LogP contribution is -2.27. The van der Waals surface area contributed by atoms with Gasteiger partial charge >= 0.3 is 0 Å². The molecule has 0 unspecified atom stereocenters. The fourth-order valence-electron chi connectivity index (χ4n) is 1.78. The van der Waals surface area contributed by atoms with Crippen molar-refractivity contribution in [3.63, 3.8) is 0 Å². The maximum absolute atomic E-state index is 12.5. The Morgan fingerprint density at radius 1 is 1.33 bits per heavy atom. The zero-order valence-electron chi connectivity index (χ0n) is 11.3. The van der Waals surface area contributed by atoms with E-state index in [1.807, 2.05) is 6.07 Å². The minimum Gasteiger partial charge on any atom is -0.308 e. The molecule has 1 aromatic carbocycles. The van der Waals surface area contributed by atoms with Crippen LogP contribution < -0.4 is 11.3 Å².